The first-order valence-corrected chi connectivity index (χ1v) is 7.91. The molecule has 0 saturated carbocycles. The molecule has 1 aliphatic carbocycles. The standard InChI is InChI=1S/C17H25N3O/c1-3-20(4-2)17(21)16-13-15(10-12-19-16)18-11-9-14-7-5-6-8-14/h7,10,12-13H,3-6,8-9,11H2,1-2H3,(H,18,19). The second-order valence-electron chi connectivity index (χ2n) is 5.34. The van der Waals surface area contributed by atoms with Crippen LogP contribution in [0.15, 0.2) is 30.0 Å². The average Bonchev–Trinajstić information content (AvgIpc) is 3.02. The minimum Gasteiger partial charge on any atom is -0.385 e. The molecular formula is C17H25N3O. The quantitative estimate of drug-likeness (QED) is 0.781. The zero-order valence-electron chi connectivity index (χ0n) is 13.1. The average molecular weight is 287 g/mol. The molecule has 0 radical (unpaired) electrons. The lowest BCUT2D eigenvalue weighted by Crippen LogP contribution is -2.31. The van der Waals surface area contributed by atoms with Crippen LogP contribution in [0.4, 0.5) is 5.69 Å². The van der Waals surface area contributed by atoms with Crippen molar-refractivity contribution in [3.8, 4) is 0 Å². The molecule has 4 heteroatoms. The van der Waals surface area contributed by atoms with Crippen molar-refractivity contribution in [2.45, 2.75) is 39.5 Å². The van der Waals surface area contributed by atoms with Crippen molar-refractivity contribution in [1.29, 1.82) is 0 Å². The van der Waals surface area contributed by atoms with E-state index in [4.69, 9.17) is 0 Å². The summed E-state index contributed by atoms with van der Waals surface area (Å²) >= 11 is 0. The molecule has 2 rings (SSSR count). The minimum atomic E-state index is 0.00199. The normalized spacial score (nSPS) is 13.9. The Kier molecular flexibility index (Phi) is 5.78. The number of aromatic nitrogens is 1. The summed E-state index contributed by atoms with van der Waals surface area (Å²) in [5, 5.41) is 3.39. The van der Waals surface area contributed by atoms with E-state index < -0.39 is 0 Å². The number of nitrogens with zero attached hydrogens (tertiary/aromatic N) is 2. The summed E-state index contributed by atoms with van der Waals surface area (Å²) in [6.45, 7) is 6.30. The zero-order valence-corrected chi connectivity index (χ0v) is 13.1. The Morgan fingerprint density at radius 3 is 2.86 bits per heavy atom. The fourth-order valence-electron chi connectivity index (χ4n) is 2.66. The lowest BCUT2D eigenvalue weighted by molar-refractivity contribution is 0.0767. The topological polar surface area (TPSA) is 45.2 Å². The maximum Gasteiger partial charge on any atom is 0.272 e. The summed E-state index contributed by atoms with van der Waals surface area (Å²) in [6, 6.07) is 3.77. The molecule has 0 fully saturated rings. The first-order valence-electron chi connectivity index (χ1n) is 7.91. The van der Waals surface area contributed by atoms with E-state index >= 15 is 0 Å². The number of allylic oxidation sites excluding steroid dienone is 1. The SMILES string of the molecule is CCN(CC)C(=O)c1cc(NCCC2=CCCC2)ccn1. The highest BCUT2D eigenvalue weighted by atomic mass is 16.2. The number of amides is 1. The summed E-state index contributed by atoms with van der Waals surface area (Å²) in [5.41, 5.74) is 3.04. The van der Waals surface area contributed by atoms with Crippen molar-refractivity contribution in [1.82, 2.24) is 9.88 Å². The molecule has 0 aromatic carbocycles. The maximum absolute atomic E-state index is 12.3. The second-order valence-corrected chi connectivity index (χ2v) is 5.34. The first-order chi connectivity index (χ1) is 10.2. The molecule has 0 bridgehead atoms. The molecule has 4 nitrogen and oxygen atoms in total. The maximum atomic E-state index is 12.3. The van der Waals surface area contributed by atoms with Crippen molar-refractivity contribution in [3.63, 3.8) is 0 Å². The molecule has 0 atom stereocenters. The Morgan fingerprint density at radius 2 is 2.19 bits per heavy atom. The van der Waals surface area contributed by atoms with E-state index in [1.165, 1.54) is 19.3 Å². The van der Waals surface area contributed by atoms with Gasteiger partial charge >= 0.3 is 0 Å². The van der Waals surface area contributed by atoms with Crippen LogP contribution in [-0.4, -0.2) is 35.4 Å². The van der Waals surface area contributed by atoms with Gasteiger partial charge in [0.25, 0.3) is 5.91 Å². The predicted octanol–water partition coefficient (Wildman–Crippen LogP) is 3.48. The molecule has 1 heterocycles. The molecule has 0 spiro atoms. The fourth-order valence-corrected chi connectivity index (χ4v) is 2.66. The Bertz CT molecular complexity index is 507. The molecule has 0 aliphatic heterocycles. The molecule has 0 unspecified atom stereocenters. The molecule has 1 amide bonds. The summed E-state index contributed by atoms with van der Waals surface area (Å²) in [4.78, 5) is 18.3. The van der Waals surface area contributed by atoms with Gasteiger partial charge < -0.3 is 10.2 Å². The summed E-state index contributed by atoms with van der Waals surface area (Å²) in [6.07, 6.45) is 8.91. The predicted molar refractivity (Wildman–Crippen MR) is 86.5 cm³/mol. The highest BCUT2D eigenvalue weighted by Crippen LogP contribution is 2.20. The summed E-state index contributed by atoms with van der Waals surface area (Å²) < 4.78 is 0. The molecule has 0 saturated heterocycles. The molecule has 1 aromatic heterocycles. The van der Waals surface area contributed by atoms with Gasteiger partial charge in [-0.25, -0.2) is 0 Å². The van der Waals surface area contributed by atoms with Crippen LogP contribution in [0, 0.1) is 0 Å². The number of rotatable bonds is 7. The molecule has 1 aliphatic rings. The van der Waals surface area contributed by atoms with Crippen LogP contribution in [-0.2, 0) is 0 Å². The monoisotopic (exact) mass is 287 g/mol. The van der Waals surface area contributed by atoms with Gasteiger partial charge in [-0.3, -0.25) is 9.78 Å². The minimum absolute atomic E-state index is 0.00199. The van der Waals surface area contributed by atoms with Gasteiger partial charge in [-0.15, -0.1) is 0 Å². The van der Waals surface area contributed by atoms with Gasteiger partial charge in [0.05, 0.1) is 0 Å². The van der Waals surface area contributed by atoms with E-state index in [0.717, 1.165) is 18.7 Å². The van der Waals surface area contributed by atoms with Crippen LogP contribution >= 0.6 is 0 Å². The molecule has 1 N–H and O–H groups in total. The van der Waals surface area contributed by atoms with E-state index in [0.29, 0.717) is 18.8 Å². The van der Waals surface area contributed by atoms with Gasteiger partial charge in [0.2, 0.25) is 0 Å². The summed E-state index contributed by atoms with van der Waals surface area (Å²) in [7, 11) is 0. The molecule has 21 heavy (non-hydrogen) atoms. The van der Waals surface area contributed by atoms with Gasteiger partial charge in [-0.2, -0.15) is 0 Å². The van der Waals surface area contributed by atoms with Crippen LogP contribution in [0.5, 0.6) is 0 Å². The van der Waals surface area contributed by atoms with E-state index in [-0.39, 0.29) is 5.91 Å². The largest absolute Gasteiger partial charge is 0.385 e. The van der Waals surface area contributed by atoms with Gasteiger partial charge in [-0.05, 0) is 51.7 Å². The number of nitrogens with one attached hydrogen (secondary N) is 1. The highest BCUT2D eigenvalue weighted by molar-refractivity contribution is 5.93. The van der Waals surface area contributed by atoms with E-state index in [2.05, 4.69) is 16.4 Å². The van der Waals surface area contributed by atoms with Crippen molar-refractivity contribution in [2.75, 3.05) is 25.0 Å². The van der Waals surface area contributed by atoms with E-state index in [1.54, 1.807) is 16.7 Å². The Labute approximate surface area is 127 Å². The molecule has 1 aromatic rings. The van der Waals surface area contributed by atoms with Crippen molar-refractivity contribution in [2.24, 2.45) is 0 Å². The number of hydrogen-bond donors (Lipinski definition) is 1. The third-order valence-electron chi connectivity index (χ3n) is 3.94. The molecule has 114 valence electrons. The number of anilines is 1. The van der Waals surface area contributed by atoms with Crippen molar-refractivity contribution >= 4 is 11.6 Å². The van der Waals surface area contributed by atoms with Crippen molar-refractivity contribution < 1.29 is 4.79 Å². The van der Waals surface area contributed by atoms with Crippen LogP contribution in [0.2, 0.25) is 0 Å². The number of pyridine rings is 1. The lowest BCUT2D eigenvalue weighted by Gasteiger charge is -2.18. The van der Waals surface area contributed by atoms with Gasteiger partial charge in [0.1, 0.15) is 5.69 Å². The highest BCUT2D eigenvalue weighted by Gasteiger charge is 2.14. The van der Waals surface area contributed by atoms with Crippen LogP contribution < -0.4 is 5.32 Å². The number of carbonyl (C=O) groups is 1. The van der Waals surface area contributed by atoms with Crippen molar-refractivity contribution in [3.05, 3.63) is 35.7 Å². The number of hydrogen-bond acceptors (Lipinski definition) is 3. The van der Waals surface area contributed by atoms with E-state index in [1.807, 2.05) is 26.0 Å². The lowest BCUT2D eigenvalue weighted by atomic mass is 10.1. The van der Waals surface area contributed by atoms with Crippen LogP contribution in [0.25, 0.3) is 0 Å². The van der Waals surface area contributed by atoms with Gasteiger partial charge in [-0.1, -0.05) is 11.6 Å². The van der Waals surface area contributed by atoms with Gasteiger partial charge in [0, 0.05) is 31.5 Å². The van der Waals surface area contributed by atoms with Gasteiger partial charge in [0.15, 0.2) is 0 Å². The Morgan fingerprint density at radius 1 is 1.38 bits per heavy atom. The van der Waals surface area contributed by atoms with Crippen LogP contribution in [0.3, 0.4) is 0 Å². The second kappa shape index (κ2) is 7.81. The first kappa shape index (κ1) is 15.5. The van der Waals surface area contributed by atoms with Crippen LogP contribution in [0.1, 0.15) is 50.0 Å². The zero-order chi connectivity index (χ0) is 15.1. The Balaban J connectivity index is 1.92. The summed E-state index contributed by atoms with van der Waals surface area (Å²) in [5.74, 6) is 0.00199. The van der Waals surface area contributed by atoms with E-state index in [9.17, 15) is 4.79 Å². The fraction of sp³-hybridized carbons (Fsp3) is 0.529. The third-order valence-corrected chi connectivity index (χ3v) is 3.94. The smallest absolute Gasteiger partial charge is 0.272 e. The Hall–Kier alpha value is -1.84. The third kappa shape index (κ3) is 4.31. The number of carbonyl (C=O) groups excluding carboxylic acids is 1. The molecular weight excluding hydrogens is 262 g/mol.